The normalized spacial score (nSPS) is 16.6. The highest BCUT2D eigenvalue weighted by Crippen LogP contribution is 2.63. The SMILES string of the molecule is COc1cccc(OC)c1C(=O)P(=O)(C(=O)c1c(C(F)(F)F)cccc1C(F)(F)F)C1CCCC1. The van der Waals surface area contributed by atoms with Gasteiger partial charge in [-0.2, -0.15) is 26.3 Å². The van der Waals surface area contributed by atoms with E-state index in [1.807, 2.05) is 0 Å². The van der Waals surface area contributed by atoms with Crippen molar-refractivity contribution in [3.8, 4) is 11.5 Å². The van der Waals surface area contributed by atoms with Crippen molar-refractivity contribution in [1.82, 2.24) is 0 Å². The number of benzene rings is 2. The molecule has 2 aromatic carbocycles. The van der Waals surface area contributed by atoms with E-state index in [-0.39, 0.29) is 24.3 Å². The first-order valence-corrected chi connectivity index (χ1v) is 12.2. The number of halogens is 6. The van der Waals surface area contributed by atoms with Crippen molar-refractivity contribution in [3.63, 3.8) is 0 Å². The van der Waals surface area contributed by atoms with Crippen molar-refractivity contribution >= 4 is 18.2 Å². The number of hydrogen-bond donors (Lipinski definition) is 0. The molecule has 1 saturated carbocycles. The summed E-state index contributed by atoms with van der Waals surface area (Å²) in [5, 5.41) is 0. The molecule has 0 radical (unpaired) electrons. The lowest BCUT2D eigenvalue weighted by Crippen LogP contribution is -2.26. The lowest BCUT2D eigenvalue weighted by molar-refractivity contribution is -0.143. The molecule has 2 aromatic rings. The quantitative estimate of drug-likeness (QED) is 0.289. The molecule has 1 aliphatic carbocycles. The maximum atomic E-state index is 14.4. The molecule has 0 aromatic heterocycles. The Bertz CT molecular complexity index is 1130. The van der Waals surface area contributed by atoms with Gasteiger partial charge in [-0.05, 0) is 37.1 Å². The fourth-order valence-electron chi connectivity index (χ4n) is 4.34. The van der Waals surface area contributed by atoms with E-state index < -0.39 is 58.5 Å². The van der Waals surface area contributed by atoms with Gasteiger partial charge in [-0.3, -0.25) is 9.59 Å². The van der Waals surface area contributed by atoms with Gasteiger partial charge >= 0.3 is 12.4 Å². The molecular weight excluding hydrogens is 501 g/mol. The maximum Gasteiger partial charge on any atom is 0.417 e. The predicted molar refractivity (Wildman–Crippen MR) is 115 cm³/mol. The number of hydrogen-bond acceptors (Lipinski definition) is 5. The Morgan fingerprint density at radius 1 is 0.771 bits per heavy atom. The highest BCUT2D eigenvalue weighted by atomic mass is 31.2. The number of ether oxygens (including phenoxy) is 2. The van der Waals surface area contributed by atoms with Gasteiger partial charge in [0.25, 0.3) is 0 Å². The average molecular weight is 522 g/mol. The van der Waals surface area contributed by atoms with Gasteiger partial charge in [0.05, 0.1) is 30.9 Å². The summed E-state index contributed by atoms with van der Waals surface area (Å²) in [6, 6.07) is 5.09. The summed E-state index contributed by atoms with van der Waals surface area (Å²) < 4.78 is 107. The lowest BCUT2D eigenvalue weighted by Gasteiger charge is -2.26. The van der Waals surface area contributed by atoms with Crippen molar-refractivity contribution in [2.24, 2.45) is 0 Å². The van der Waals surface area contributed by atoms with Crippen LogP contribution in [0.25, 0.3) is 0 Å². The smallest absolute Gasteiger partial charge is 0.417 e. The molecule has 0 aliphatic heterocycles. The molecule has 0 bridgehead atoms. The molecule has 35 heavy (non-hydrogen) atoms. The molecule has 0 heterocycles. The zero-order valence-electron chi connectivity index (χ0n) is 18.6. The Balaban J connectivity index is 2.36. The molecule has 1 unspecified atom stereocenters. The number of carbonyl (C=O) groups is 2. The molecule has 1 aliphatic rings. The van der Waals surface area contributed by atoms with Gasteiger partial charge in [-0.15, -0.1) is 0 Å². The molecule has 12 heteroatoms. The fraction of sp³-hybridized carbons (Fsp3) is 0.391. The summed E-state index contributed by atoms with van der Waals surface area (Å²) in [7, 11) is -2.78. The van der Waals surface area contributed by atoms with Crippen molar-refractivity contribution in [2.45, 2.75) is 43.7 Å². The lowest BCUT2D eigenvalue weighted by atomic mass is 10.0. The van der Waals surface area contributed by atoms with Crippen LogP contribution < -0.4 is 9.47 Å². The van der Waals surface area contributed by atoms with E-state index >= 15 is 0 Å². The monoisotopic (exact) mass is 522 g/mol. The van der Waals surface area contributed by atoms with Crippen LogP contribution in [0.15, 0.2) is 36.4 Å². The van der Waals surface area contributed by atoms with Gasteiger partial charge in [0, 0.05) is 5.66 Å². The molecule has 3 rings (SSSR count). The van der Waals surface area contributed by atoms with Crippen molar-refractivity contribution < 1.29 is 50.0 Å². The molecule has 5 nitrogen and oxygen atoms in total. The summed E-state index contributed by atoms with van der Waals surface area (Å²) in [5.74, 6) is -0.360. The first-order chi connectivity index (χ1) is 16.3. The minimum absolute atomic E-state index is 0.0295. The highest BCUT2D eigenvalue weighted by molar-refractivity contribution is 7.96. The summed E-state index contributed by atoms with van der Waals surface area (Å²) in [4.78, 5) is 27.4. The van der Waals surface area contributed by atoms with Crippen molar-refractivity contribution in [1.29, 1.82) is 0 Å². The van der Waals surface area contributed by atoms with Crippen LogP contribution in [-0.2, 0) is 16.9 Å². The van der Waals surface area contributed by atoms with E-state index in [2.05, 4.69) is 0 Å². The van der Waals surface area contributed by atoms with Crippen LogP contribution in [0, 0.1) is 0 Å². The summed E-state index contributed by atoms with van der Waals surface area (Å²) in [5.41, 5.74) is -10.7. The summed E-state index contributed by atoms with van der Waals surface area (Å²) >= 11 is 0. The largest absolute Gasteiger partial charge is 0.496 e. The molecule has 0 saturated heterocycles. The third-order valence-corrected chi connectivity index (χ3v) is 9.17. The standard InChI is InChI=1S/C23H21F6O5P/c1-33-16-11-6-12-17(34-2)19(16)21(31)35(32,13-7-3-4-8-13)20(30)18-14(22(24,25)26)9-5-10-15(18)23(27,28)29/h5-6,9-13H,3-4,7-8H2,1-2H3. The van der Waals surface area contributed by atoms with Crippen LogP contribution in [0.5, 0.6) is 11.5 Å². The number of alkyl halides is 6. The van der Waals surface area contributed by atoms with Crippen LogP contribution in [0.1, 0.15) is 57.5 Å². The molecule has 1 atom stereocenters. The minimum atomic E-state index is -5.38. The number of carbonyl (C=O) groups excluding carboxylic acids is 2. The fourth-order valence-corrected chi connectivity index (χ4v) is 7.41. The van der Waals surface area contributed by atoms with E-state index in [9.17, 15) is 40.5 Å². The van der Waals surface area contributed by atoms with Gasteiger partial charge in [0.2, 0.25) is 18.2 Å². The summed E-state index contributed by atoms with van der Waals surface area (Å²) in [6.45, 7) is 0. The Labute approximate surface area is 196 Å². The Hall–Kier alpha value is -2.81. The topological polar surface area (TPSA) is 69.7 Å². The van der Waals surface area contributed by atoms with Crippen LogP contribution in [0.3, 0.4) is 0 Å². The van der Waals surface area contributed by atoms with Crippen LogP contribution in [0.4, 0.5) is 26.3 Å². The second-order valence-corrected chi connectivity index (χ2v) is 10.8. The number of methoxy groups -OCH3 is 2. The van der Waals surface area contributed by atoms with E-state index in [0.717, 1.165) is 14.2 Å². The van der Waals surface area contributed by atoms with E-state index in [1.54, 1.807) is 0 Å². The third-order valence-electron chi connectivity index (χ3n) is 5.97. The van der Waals surface area contributed by atoms with Gasteiger partial charge in [-0.1, -0.05) is 25.0 Å². The van der Waals surface area contributed by atoms with Crippen molar-refractivity contribution in [2.75, 3.05) is 14.2 Å². The van der Waals surface area contributed by atoms with Gasteiger partial charge in [0.1, 0.15) is 17.1 Å². The highest BCUT2D eigenvalue weighted by Gasteiger charge is 2.54. The molecule has 0 amide bonds. The third kappa shape index (κ3) is 4.83. The van der Waals surface area contributed by atoms with Crippen molar-refractivity contribution in [3.05, 3.63) is 58.7 Å². The van der Waals surface area contributed by atoms with E-state index in [1.165, 1.54) is 18.2 Å². The zero-order chi connectivity index (χ0) is 26.2. The van der Waals surface area contributed by atoms with Gasteiger partial charge in [0.15, 0.2) is 0 Å². The first kappa shape index (κ1) is 26.8. The second-order valence-electron chi connectivity index (χ2n) is 7.97. The average Bonchev–Trinajstić information content (AvgIpc) is 3.36. The van der Waals surface area contributed by atoms with E-state index in [4.69, 9.17) is 9.47 Å². The van der Waals surface area contributed by atoms with Gasteiger partial charge < -0.3 is 14.0 Å². The van der Waals surface area contributed by atoms with E-state index in [0.29, 0.717) is 31.0 Å². The summed E-state index contributed by atoms with van der Waals surface area (Å²) in [6.07, 6.45) is -9.88. The molecular formula is C23H21F6O5P. The Morgan fingerprint density at radius 2 is 1.17 bits per heavy atom. The number of rotatable bonds is 7. The van der Waals surface area contributed by atoms with Gasteiger partial charge in [-0.25, -0.2) is 0 Å². The molecule has 0 spiro atoms. The Kier molecular flexibility index (Phi) is 7.41. The second kappa shape index (κ2) is 9.68. The van der Waals surface area contributed by atoms with Crippen LogP contribution >= 0.6 is 7.14 Å². The molecule has 190 valence electrons. The minimum Gasteiger partial charge on any atom is -0.496 e. The van der Waals surface area contributed by atoms with Crippen LogP contribution in [0.2, 0.25) is 0 Å². The molecule has 0 N–H and O–H groups in total. The maximum absolute atomic E-state index is 14.4. The predicted octanol–water partition coefficient (Wildman–Crippen LogP) is 7.03. The Morgan fingerprint density at radius 3 is 1.57 bits per heavy atom. The van der Waals surface area contributed by atoms with Crippen LogP contribution in [-0.4, -0.2) is 30.9 Å². The first-order valence-electron chi connectivity index (χ1n) is 10.5. The zero-order valence-corrected chi connectivity index (χ0v) is 19.5. The molecule has 1 fully saturated rings.